The molecule has 1 amide bonds. The summed E-state index contributed by atoms with van der Waals surface area (Å²) in [6, 6.07) is 9.09. The number of amides is 1. The van der Waals surface area contributed by atoms with Crippen LogP contribution in [0.4, 0.5) is 0 Å². The number of phenolic OH excluding ortho intramolecular Hbond substituents is 1. The van der Waals surface area contributed by atoms with Gasteiger partial charge >= 0.3 is 4.87 Å². The number of benzene rings is 2. The van der Waals surface area contributed by atoms with E-state index in [0.29, 0.717) is 42.0 Å². The van der Waals surface area contributed by atoms with Gasteiger partial charge in [-0.3, -0.25) is 9.59 Å². The highest BCUT2D eigenvalue weighted by Gasteiger charge is 2.41. The van der Waals surface area contributed by atoms with Crippen molar-refractivity contribution in [2.75, 3.05) is 52.4 Å². The number of carbonyl (C=O) groups is 1. The lowest BCUT2D eigenvalue weighted by atomic mass is 9.89. The third kappa shape index (κ3) is 8.41. The maximum Gasteiger partial charge on any atom is 0.305 e. The molecule has 10 nitrogen and oxygen atoms in total. The number of nitrogens with zero attached hydrogens (tertiary/aromatic N) is 3. The standard InChI is InChI=1S/C35H47N5O5S2/c1-24-37-27-21-25(9-12-30(27)46-24)33(43)40-19-20-45-35(23-40)13-17-39(18-14-35)16-8-6-4-2-3-5-7-15-36-22-29(42)26-10-11-28(41)31-32(26)47-34(44)38-31/h9-12,21,29,36,41-42H,2-8,13-20,22-23H2,1H3,(H,38,44). The zero-order chi connectivity index (χ0) is 32.8. The molecule has 0 radical (unpaired) electrons. The number of aliphatic hydroxyl groups is 1. The van der Waals surface area contributed by atoms with Gasteiger partial charge in [0.1, 0.15) is 11.3 Å². The first kappa shape index (κ1) is 34.0. The van der Waals surface area contributed by atoms with E-state index in [9.17, 15) is 19.8 Å². The maximum atomic E-state index is 13.4. The van der Waals surface area contributed by atoms with E-state index in [1.165, 1.54) is 44.6 Å². The topological polar surface area (TPSA) is 131 Å². The van der Waals surface area contributed by atoms with Gasteiger partial charge in [0.05, 0.1) is 44.8 Å². The summed E-state index contributed by atoms with van der Waals surface area (Å²) < 4.78 is 8.07. The van der Waals surface area contributed by atoms with Crippen LogP contribution in [0.2, 0.25) is 0 Å². The Balaban J connectivity index is 0.809. The summed E-state index contributed by atoms with van der Waals surface area (Å²) in [6.07, 6.45) is 9.63. The second kappa shape index (κ2) is 15.6. The van der Waals surface area contributed by atoms with Gasteiger partial charge in [-0.05, 0) is 70.0 Å². The Morgan fingerprint density at radius 1 is 1.06 bits per heavy atom. The normalized spacial score (nSPS) is 17.6. The van der Waals surface area contributed by atoms with Crippen molar-refractivity contribution in [1.29, 1.82) is 0 Å². The summed E-state index contributed by atoms with van der Waals surface area (Å²) in [4.78, 5) is 36.6. The van der Waals surface area contributed by atoms with Crippen LogP contribution < -0.4 is 10.2 Å². The summed E-state index contributed by atoms with van der Waals surface area (Å²) in [6.45, 7) is 8.35. The van der Waals surface area contributed by atoms with Crippen molar-refractivity contribution in [2.45, 2.75) is 76.4 Å². The number of carbonyl (C=O) groups excluding carboxylic acids is 1. The first-order valence-corrected chi connectivity index (χ1v) is 18.7. The van der Waals surface area contributed by atoms with Crippen molar-refractivity contribution >= 4 is 49.0 Å². The third-order valence-electron chi connectivity index (χ3n) is 9.66. The number of hydrogen-bond acceptors (Lipinski definition) is 10. The highest BCUT2D eigenvalue weighted by atomic mass is 32.1. The Morgan fingerprint density at radius 3 is 2.64 bits per heavy atom. The van der Waals surface area contributed by atoms with E-state index in [-0.39, 0.29) is 22.1 Å². The van der Waals surface area contributed by atoms with Crippen LogP contribution in [0.1, 0.15) is 84.8 Å². The first-order valence-electron chi connectivity index (χ1n) is 17.1. The molecule has 47 heavy (non-hydrogen) atoms. The van der Waals surface area contributed by atoms with E-state index in [4.69, 9.17) is 4.74 Å². The van der Waals surface area contributed by atoms with Crippen LogP contribution in [-0.2, 0) is 4.74 Å². The lowest BCUT2D eigenvalue weighted by Gasteiger charge is -2.47. The molecule has 2 fully saturated rings. The van der Waals surface area contributed by atoms with Gasteiger partial charge in [0.2, 0.25) is 0 Å². The van der Waals surface area contributed by atoms with Crippen molar-refractivity contribution in [3.05, 3.63) is 56.1 Å². The SMILES string of the molecule is Cc1nc2cc(C(=O)N3CCOC4(CCN(CCCCCCCCCNCC(O)c5ccc(O)c6[nH]c(=O)sc56)CC4)C3)ccc2s1. The minimum atomic E-state index is -0.732. The van der Waals surface area contributed by atoms with Crippen LogP contribution in [0.3, 0.4) is 0 Å². The zero-order valence-corrected chi connectivity index (χ0v) is 28.9. The molecule has 2 saturated heterocycles. The summed E-state index contributed by atoms with van der Waals surface area (Å²) in [5, 5.41) is 24.9. The lowest BCUT2D eigenvalue weighted by molar-refractivity contribution is -0.127. The fraction of sp³-hybridized carbons (Fsp3) is 0.571. The number of aromatic hydroxyl groups is 1. The Hall–Kier alpha value is -2.87. The quantitative estimate of drug-likeness (QED) is 0.127. The molecule has 2 aromatic heterocycles. The van der Waals surface area contributed by atoms with Crippen LogP contribution in [0.15, 0.2) is 35.1 Å². The zero-order valence-electron chi connectivity index (χ0n) is 27.3. The van der Waals surface area contributed by atoms with Gasteiger partial charge in [-0.2, -0.15) is 0 Å². The second-order valence-corrected chi connectivity index (χ2v) is 15.3. The molecule has 12 heteroatoms. The highest BCUT2D eigenvalue weighted by Crippen LogP contribution is 2.33. The summed E-state index contributed by atoms with van der Waals surface area (Å²) in [5.41, 5.74) is 2.46. The minimum absolute atomic E-state index is 0.0241. The molecule has 1 atom stereocenters. The van der Waals surface area contributed by atoms with Crippen LogP contribution in [-0.4, -0.2) is 93.9 Å². The number of aromatic nitrogens is 2. The summed E-state index contributed by atoms with van der Waals surface area (Å²) in [5.74, 6) is 0.110. The predicted molar refractivity (Wildman–Crippen MR) is 189 cm³/mol. The van der Waals surface area contributed by atoms with Gasteiger partial charge in [0, 0.05) is 37.3 Å². The number of likely N-dealkylation sites (tertiary alicyclic amines) is 1. The molecule has 4 heterocycles. The number of aliphatic hydroxyl groups excluding tert-OH is 1. The Morgan fingerprint density at radius 2 is 1.83 bits per heavy atom. The number of ether oxygens (including phenoxy) is 1. The van der Waals surface area contributed by atoms with E-state index in [2.05, 4.69) is 20.2 Å². The van der Waals surface area contributed by atoms with Crippen molar-refractivity contribution in [3.8, 4) is 5.75 Å². The largest absolute Gasteiger partial charge is 0.506 e. The Labute approximate surface area is 283 Å². The fourth-order valence-corrected chi connectivity index (χ4v) is 8.71. The number of aryl methyl sites for hydroxylation is 1. The molecule has 2 aromatic carbocycles. The number of morpholine rings is 1. The fourth-order valence-electron chi connectivity index (χ4n) is 6.98. The van der Waals surface area contributed by atoms with Gasteiger partial charge in [-0.25, -0.2) is 4.98 Å². The number of hydrogen-bond donors (Lipinski definition) is 4. The molecule has 2 aliphatic rings. The molecule has 4 aromatic rings. The van der Waals surface area contributed by atoms with E-state index < -0.39 is 6.10 Å². The van der Waals surface area contributed by atoms with Crippen molar-refractivity contribution < 1.29 is 19.7 Å². The number of phenols is 1. The molecule has 1 spiro atoms. The van der Waals surface area contributed by atoms with E-state index in [0.717, 1.165) is 77.6 Å². The Kier molecular flexibility index (Phi) is 11.3. The molecular formula is C35H47N5O5S2. The van der Waals surface area contributed by atoms with Crippen molar-refractivity contribution in [3.63, 3.8) is 0 Å². The summed E-state index contributed by atoms with van der Waals surface area (Å²) in [7, 11) is 0. The number of nitrogens with one attached hydrogen (secondary N) is 2. The number of rotatable bonds is 14. The number of fused-ring (bicyclic) bond motifs is 2. The van der Waals surface area contributed by atoms with Crippen molar-refractivity contribution in [1.82, 2.24) is 25.1 Å². The summed E-state index contributed by atoms with van der Waals surface area (Å²) >= 11 is 2.67. The van der Waals surface area contributed by atoms with E-state index >= 15 is 0 Å². The highest BCUT2D eigenvalue weighted by molar-refractivity contribution is 7.18. The smallest absolute Gasteiger partial charge is 0.305 e. The monoisotopic (exact) mass is 681 g/mol. The average Bonchev–Trinajstić information content (AvgIpc) is 3.65. The van der Waals surface area contributed by atoms with Crippen molar-refractivity contribution in [2.24, 2.45) is 0 Å². The molecule has 6 rings (SSSR count). The van der Waals surface area contributed by atoms with E-state index in [1.807, 2.05) is 30.0 Å². The van der Waals surface area contributed by atoms with Crippen LogP contribution >= 0.6 is 22.7 Å². The molecule has 1 unspecified atom stereocenters. The Bertz CT molecular complexity index is 1710. The number of thiazole rings is 2. The van der Waals surface area contributed by atoms with Crippen LogP contribution in [0.5, 0.6) is 5.75 Å². The van der Waals surface area contributed by atoms with Gasteiger partial charge in [0.15, 0.2) is 0 Å². The third-order valence-corrected chi connectivity index (χ3v) is 11.5. The second-order valence-electron chi connectivity index (χ2n) is 13.1. The van der Waals surface area contributed by atoms with Gasteiger partial charge in [-0.15, -0.1) is 11.3 Å². The molecule has 254 valence electrons. The van der Waals surface area contributed by atoms with Crippen LogP contribution in [0, 0.1) is 6.92 Å². The van der Waals surface area contributed by atoms with Gasteiger partial charge < -0.3 is 35.1 Å². The lowest BCUT2D eigenvalue weighted by Crippen LogP contribution is -2.58. The first-order chi connectivity index (χ1) is 22.8. The van der Waals surface area contributed by atoms with Gasteiger partial charge in [0.25, 0.3) is 5.91 Å². The number of piperidine rings is 1. The molecule has 0 bridgehead atoms. The molecule has 2 aliphatic heterocycles. The van der Waals surface area contributed by atoms with E-state index in [1.54, 1.807) is 17.4 Å². The molecule has 0 saturated carbocycles. The average molecular weight is 682 g/mol. The molecular weight excluding hydrogens is 635 g/mol. The predicted octanol–water partition coefficient (Wildman–Crippen LogP) is 5.57. The number of unbranched alkanes of at least 4 members (excludes halogenated alkanes) is 6. The van der Waals surface area contributed by atoms with Crippen LogP contribution in [0.25, 0.3) is 20.4 Å². The molecule has 0 aliphatic carbocycles. The number of aromatic amines is 1. The van der Waals surface area contributed by atoms with Gasteiger partial charge in [-0.1, -0.05) is 49.5 Å². The molecule has 4 N–H and O–H groups in total. The maximum absolute atomic E-state index is 13.4. The number of H-pyrrole nitrogens is 1. The minimum Gasteiger partial charge on any atom is -0.506 e.